The summed E-state index contributed by atoms with van der Waals surface area (Å²) >= 11 is 0. The second kappa shape index (κ2) is 6.60. The van der Waals surface area contributed by atoms with Gasteiger partial charge in [0.15, 0.2) is 0 Å². The molecule has 1 aliphatic rings. The van der Waals surface area contributed by atoms with Gasteiger partial charge in [-0.2, -0.15) is 0 Å². The molecule has 3 heteroatoms. The molecule has 0 radical (unpaired) electrons. The van der Waals surface area contributed by atoms with E-state index in [-0.39, 0.29) is 6.09 Å². The lowest BCUT2D eigenvalue weighted by atomic mass is 9.75. The lowest BCUT2D eigenvalue weighted by Crippen LogP contribution is -2.29. The number of hydrogen-bond donors (Lipinski definition) is 1. The van der Waals surface area contributed by atoms with Crippen molar-refractivity contribution in [2.75, 3.05) is 11.9 Å². The molecule has 1 aromatic carbocycles. The van der Waals surface area contributed by atoms with E-state index in [1.165, 1.54) is 5.57 Å². The fourth-order valence-corrected chi connectivity index (χ4v) is 2.98. The van der Waals surface area contributed by atoms with Crippen LogP contribution in [0.15, 0.2) is 42.0 Å². The number of allylic oxidation sites excluding steroid dienone is 2. The van der Waals surface area contributed by atoms with E-state index in [0.717, 1.165) is 12.1 Å². The molecule has 108 valence electrons. The van der Waals surface area contributed by atoms with Crippen molar-refractivity contribution in [1.29, 1.82) is 0 Å². The average molecular weight is 273 g/mol. The minimum Gasteiger partial charge on any atom is -0.449 e. The Kier molecular flexibility index (Phi) is 4.83. The standard InChI is InChI=1S/C17H23NO2/c1-12-9-13(2)16(14(3)10-12)11-20-17(19)18-15-7-5-4-6-8-15/h4-9,13-14,16H,10-11H2,1-3H3,(H,18,19)/t13-,14+,16+/m0/s1. The lowest BCUT2D eigenvalue weighted by Gasteiger charge is -2.32. The molecular weight excluding hydrogens is 250 g/mol. The molecule has 0 saturated heterocycles. The number of rotatable bonds is 3. The Balaban J connectivity index is 1.84. The van der Waals surface area contributed by atoms with Gasteiger partial charge in [0.2, 0.25) is 0 Å². The Morgan fingerprint density at radius 3 is 2.65 bits per heavy atom. The van der Waals surface area contributed by atoms with E-state index in [0.29, 0.717) is 24.4 Å². The van der Waals surface area contributed by atoms with Crippen molar-refractivity contribution < 1.29 is 9.53 Å². The summed E-state index contributed by atoms with van der Waals surface area (Å²) in [4.78, 5) is 11.8. The molecule has 1 amide bonds. The summed E-state index contributed by atoms with van der Waals surface area (Å²) in [6, 6.07) is 9.37. The molecule has 1 aliphatic carbocycles. The third-order valence-corrected chi connectivity index (χ3v) is 4.02. The van der Waals surface area contributed by atoms with Gasteiger partial charge < -0.3 is 4.74 Å². The van der Waals surface area contributed by atoms with Crippen LogP contribution in [0.25, 0.3) is 0 Å². The maximum absolute atomic E-state index is 11.8. The summed E-state index contributed by atoms with van der Waals surface area (Å²) in [5.41, 5.74) is 2.20. The monoisotopic (exact) mass is 273 g/mol. The topological polar surface area (TPSA) is 38.3 Å². The quantitative estimate of drug-likeness (QED) is 0.825. The van der Waals surface area contributed by atoms with Gasteiger partial charge in [-0.15, -0.1) is 0 Å². The van der Waals surface area contributed by atoms with E-state index in [2.05, 4.69) is 32.2 Å². The number of anilines is 1. The zero-order valence-electron chi connectivity index (χ0n) is 12.4. The van der Waals surface area contributed by atoms with Gasteiger partial charge in [-0.05, 0) is 37.3 Å². The van der Waals surface area contributed by atoms with E-state index >= 15 is 0 Å². The summed E-state index contributed by atoms with van der Waals surface area (Å²) < 4.78 is 5.38. The number of benzene rings is 1. The minimum absolute atomic E-state index is 0.373. The van der Waals surface area contributed by atoms with E-state index < -0.39 is 0 Å². The normalized spacial score (nSPS) is 25.8. The molecule has 0 fully saturated rings. The number of carbonyl (C=O) groups excluding carboxylic acids is 1. The van der Waals surface area contributed by atoms with Crippen LogP contribution in [-0.4, -0.2) is 12.7 Å². The molecule has 3 atom stereocenters. The van der Waals surface area contributed by atoms with E-state index in [1.54, 1.807) is 0 Å². The molecular formula is C17H23NO2. The van der Waals surface area contributed by atoms with Gasteiger partial charge in [0, 0.05) is 11.6 Å². The van der Waals surface area contributed by atoms with Crippen LogP contribution < -0.4 is 5.32 Å². The summed E-state index contributed by atoms with van der Waals surface area (Å²) in [6.07, 6.45) is 3.02. The van der Waals surface area contributed by atoms with Crippen LogP contribution in [-0.2, 0) is 4.74 Å². The fraction of sp³-hybridized carbons (Fsp3) is 0.471. The lowest BCUT2D eigenvalue weighted by molar-refractivity contribution is 0.106. The first-order valence-electron chi connectivity index (χ1n) is 7.22. The van der Waals surface area contributed by atoms with Crippen LogP contribution in [0, 0.1) is 17.8 Å². The van der Waals surface area contributed by atoms with Gasteiger partial charge in [-0.1, -0.05) is 43.7 Å². The second-order valence-corrected chi connectivity index (χ2v) is 5.81. The van der Waals surface area contributed by atoms with Crippen molar-refractivity contribution in [2.24, 2.45) is 17.8 Å². The maximum atomic E-state index is 11.8. The van der Waals surface area contributed by atoms with Crippen molar-refractivity contribution in [2.45, 2.75) is 27.2 Å². The van der Waals surface area contributed by atoms with Gasteiger partial charge in [-0.3, -0.25) is 5.32 Å². The highest BCUT2D eigenvalue weighted by atomic mass is 16.5. The predicted octanol–water partition coefficient (Wildman–Crippen LogP) is 4.47. The number of para-hydroxylation sites is 1. The summed E-state index contributed by atoms with van der Waals surface area (Å²) in [6.45, 7) is 7.08. The third kappa shape index (κ3) is 3.86. The van der Waals surface area contributed by atoms with Crippen LogP contribution in [0.2, 0.25) is 0 Å². The Hall–Kier alpha value is -1.77. The first-order chi connectivity index (χ1) is 9.56. The van der Waals surface area contributed by atoms with Gasteiger partial charge in [0.25, 0.3) is 0 Å². The average Bonchev–Trinajstić information content (AvgIpc) is 2.38. The van der Waals surface area contributed by atoms with Crippen LogP contribution >= 0.6 is 0 Å². The number of carbonyl (C=O) groups is 1. The SMILES string of the molecule is CC1=C[C@H](C)[C@@H](COC(=O)Nc2ccccc2)[C@H](C)C1. The smallest absolute Gasteiger partial charge is 0.411 e. The number of ether oxygens (including phenoxy) is 1. The summed E-state index contributed by atoms with van der Waals surface area (Å²) in [5.74, 6) is 1.42. The van der Waals surface area contributed by atoms with Crippen LogP contribution in [0.3, 0.4) is 0 Å². The largest absolute Gasteiger partial charge is 0.449 e. The molecule has 0 bridgehead atoms. The third-order valence-electron chi connectivity index (χ3n) is 4.02. The predicted molar refractivity (Wildman–Crippen MR) is 81.6 cm³/mol. The Morgan fingerprint density at radius 2 is 2.00 bits per heavy atom. The molecule has 3 nitrogen and oxygen atoms in total. The number of nitrogens with one attached hydrogen (secondary N) is 1. The Labute approximate surface area is 121 Å². The highest BCUT2D eigenvalue weighted by Gasteiger charge is 2.27. The minimum atomic E-state index is -0.373. The Morgan fingerprint density at radius 1 is 1.30 bits per heavy atom. The van der Waals surface area contributed by atoms with Crippen LogP contribution in [0.4, 0.5) is 10.5 Å². The fourth-order valence-electron chi connectivity index (χ4n) is 2.98. The molecule has 20 heavy (non-hydrogen) atoms. The van der Waals surface area contributed by atoms with Crippen molar-refractivity contribution in [1.82, 2.24) is 0 Å². The zero-order chi connectivity index (χ0) is 14.5. The van der Waals surface area contributed by atoms with E-state index in [9.17, 15) is 4.79 Å². The molecule has 1 aromatic rings. The summed E-state index contributed by atoms with van der Waals surface area (Å²) in [5, 5.41) is 2.74. The second-order valence-electron chi connectivity index (χ2n) is 5.81. The van der Waals surface area contributed by atoms with Gasteiger partial charge in [0.1, 0.15) is 0 Å². The zero-order valence-corrected chi connectivity index (χ0v) is 12.4. The van der Waals surface area contributed by atoms with Gasteiger partial charge >= 0.3 is 6.09 Å². The Bertz CT molecular complexity index is 481. The van der Waals surface area contributed by atoms with Crippen molar-refractivity contribution in [3.63, 3.8) is 0 Å². The summed E-state index contributed by atoms with van der Waals surface area (Å²) in [7, 11) is 0. The van der Waals surface area contributed by atoms with E-state index in [1.807, 2.05) is 30.3 Å². The number of hydrogen-bond acceptors (Lipinski definition) is 2. The molecule has 2 rings (SSSR count). The van der Waals surface area contributed by atoms with Crippen LogP contribution in [0.1, 0.15) is 27.2 Å². The molecule has 0 aliphatic heterocycles. The van der Waals surface area contributed by atoms with Crippen molar-refractivity contribution in [3.05, 3.63) is 42.0 Å². The van der Waals surface area contributed by atoms with Crippen molar-refractivity contribution >= 4 is 11.8 Å². The highest BCUT2D eigenvalue weighted by Crippen LogP contribution is 2.33. The molecule has 1 N–H and O–H groups in total. The molecule has 0 saturated carbocycles. The van der Waals surface area contributed by atoms with Crippen LogP contribution in [0.5, 0.6) is 0 Å². The number of amides is 1. The molecule has 0 spiro atoms. The molecule has 0 heterocycles. The highest BCUT2D eigenvalue weighted by molar-refractivity contribution is 5.84. The first-order valence-corrected chi connectivity index (χ1v) is 7.22. The van der Waals surface area contributed by atoms with Gasteiger partial charge in [0.05, 0.1) is 6.61 Å². The van der Waals surface area contributed by atoms with Crippen molar-refractivity contribution in [3.8, 4) is 0 Å². The maximum Gasteiger partial charge on any atom is 0.411 e. The first kappa shape index (κ1) is 14.6. The van der Waals surface area contributed by atoms with E-state index in [4.69, 9.17) is 4.74 Å². The van der Waals surface area contributed by atoms with Gasteiger partial charge in [-0.25, -0.2) is 4.79 Å². The molecule has 0 unspecified atom stereocenters. The molecule has 0 aromatic heterocycles.